The number of nitrogens with zero attached hydrogens (tertiary/aromatic N) is 4. The fourth-order valence-corrected chi connectivity index (χ4v) is 6.86. The molecule has 4 heterocycles. The number of hydrogen-bond donors (Lipinski definition) is 0. The molecule has 0 aliphatic carbocycles. The lowest BCUT2D eigenvalue weighted by molar-refractivity contribution is 0.318. The first-order valence-corrected chi connectivity index (χ1v) is 11.5. The van der Waals surface area contributed by atoms with Crippen molar-refractivity contribution in [1.29, 1.82) is 0 Å². The number of aryl methyl sites for hydroxylation is 1. The van der Waals surface area contributed by atoms with E-state index < -0.39 is 21.2 Å². The Kier molecular flexibility index (Phi) is 4.51. The second-order valence-corrected chi connectivity index (χ2v) is 10.9. The van der Waals surface area contributed by atoms with Gasteiger partial charge in [-0.3, -0.25) is 4.79 Å². The third-order valence-corrected chi connectivity index (χ3v) is 8.99. The number of hydrogen-bond acceptors (Lipinski definition) is 6. The van der Waals surface area contributed by atoms with Crippen molar-refractivity contribution in [1.82, 2.24) is 10.9 Å². The third-order valence-electron chi connectivity index (χ3n) is 4.94. The first-order valence-electron chi connectivity index (χ1n) is 7.95. The van der Waals surface area contributed by atoms with Crippen LogP contribution in [0, 0.1) is 12.7 Å². The molecule has 4 rings (SSSR count). The van der Waals surface area contributed by atoms with Crippen molar-refractivity contribution in [3.8, 4) is 0 Å². The second-order valence-electron chi connectivity index (χ2n) is 6.71. The highest BCUT2D eigenvalue weighted by molar-refractivity contribution is 14.1. The molecule has 26 heavy (non-hydrogen) atoms. The topological polar surface area (TPSA) is 75.5 Å². The average Bonchev–Trinajstić information content (AvgIpc) is 2.55. The first kappa shape index (κ1) is 18.8. The summed E-state index contributed by atoms with van der Waals surface area (Å²) in [6.07, 6.45) is 0. The predicted octanol–water partition coefficient (Wildman–Crippen LogP) is 2.06. The minimum atomic E-state index is -3.78. The van der Waals surface area contributed by atoms with Crippen LogP contribution >= 0.6 is 45.7 Å². The highest BCUT2D eigenvalue weighted by Gasteiger charge is 2.44. The first-order chi connectivity index (χ1) is 12.1. The molecule has 140 valence electrons. The van der Waals surface area contributed by atoms with E-state index in [2.05, 4.69) is 31.0 Å². The second kappa shape index (κ2) is 6.24. The van der Waals surface area contributed by atoms with Gasteiger partial charge in [-0.05, 0) is 19.9 Å². The van der Waals surface area contributed by atoms with Gasteiger partial charge in [0, 0.05) is 47.4 Å². The van der Waals surface area contributed by atoms with E-state index in [1.54, 1.807) is 22.9 Å². The zero-order valence-electron chi connectivity index (χ0n) is 13.9. The SMILES string of the molecule is Cc1nc2c(cc1F)c1c(c(=O)n2I)S(=O)(=O)CC2CN(I)C(C)CN12. The van der Waals surface area contributed by atoms with Gasteiger partial charge in [-0.25, -0.2) is 23.7 Å². The van der Waals surface area contributed by atoms with Crippen molar-refractivity contribution < 1.29 is 12.8 Å². The van der Waals surface area contributed by atoms with E-state index in [1.807, 2.05) is 11.8 Å². The largest absolute Gasteiger partial charge is 0.363 e. The van der Waals surface area contributed by atoms with Gasteiger partial charge in [0.1, 0.15) is 5.82 Å². The molecule has 2 atom stereocenters. The summed E-state index contributed by atoms with van der Waals surface area (Å²) in [6.45, 7) is 4.67. The summed E-state index contributed by atoms with van der Waals surface area (Å²) in [6, 6.07) is 1.18. The van der Waals surface area contributed by atoms with Crippen LogP contribution in [0.5, 0.6) is 0 Å². The van der Waals surface area contributed by atoms with Crippen LogP contribution in [0.15, 0.2) is 15.8 Å². The Bertz CT molecular complexity index is 1100. The maximum Gasteiger partial charge on any atom is 0.282 e. The van der Waals surface area contributed by atoms with Gasteiger partial charge in [-0.2, -0.15) is 0 Å². The molecule has 2 aliphatic heterocycles. The highest BCUT2D eigenvalue weighted by Crippen LogP contribution is 2.40. The van der Waals surface area contributed by atoms with Crippen molar-refractivity contribution in [3.05, 3.63) is 27.9 Å². The van der Waals surface area contributed by atoms with Crippen LogP contribution in [0.2, 0.25) is 0 Å². The monoisotopic (exact) mass is 604 g/mol. The Hall–Kier alpha value is -0.540. The van der Waals surface area contributed by atoms with Crippen molar-refractivity contribution in [2.75, 3.05) is 23.7 Å². The normalized spacial score (nSPS) is 25.2. The molecule has 0 radical (unpaired) electrons. The van der Waals surface area contributed by atoms with Crippen molar-refractivity contribution >= 4 is 72.3 Å². The van der Waals surface area contributed by atoms with Crippen molar-refractivity contribution in [2.45, 2.75) is 30.8 Å². The molecule has 0 spiro atoms. The van der Waals surface area contributed by atoms with Gasteiger partial charge < -0.3 is 4.90 Å². The molecule has 0 N–H and O–H groups in total. The summed E-state index contributed by atoms with van der Waals surface area (Å²) in [5.41, 5.74) is 0.142. The molecule has 0 aromatic carbocycles. The number of pyridine rings is 2. The van der Waals surface area contributed by atoms with E-state index in [1.165, 1.54) is 15.8 Å². The highest BCUT2D eigenvalue weighted by atomic mass is 127. The average molecular weight is 604 g/mol. The van der Waals surface area contributed by atoms with Crippen LogP contribution in [0.1, 0.15) is 12.6 Å². The Morgan fingerprint density at radius 3 is 2.69 bits per heavy atom. The molecule has 1 fully saturated rings. The maximum atomic E-state index is 14.3. The van der Waals surface area contributed by atoms with Crippen LogP contribution in [-0.4, -0.2) is 50.2 Å². The lowest BCUT2D eigenvalue weighted by Gasteiger charge is -2.46. The van der Waals surface area contributed by atoms with Gasteiger partial charge >= 0.3 is 0 Å². The molecule has 2 aromatic rings. The lowest BCUT2D eigenvalue weighted by atomic mass is 10.1. The Labute approximate surface area is 177 Å². The van der Waals surface area contributed by atoms with Gasteiger partial charge in [-0.15, -0.1) is 0 Å². The molecule has 0 saturated carbocycles. The number of anilines is 1. The zero-order valence-corrected chi connectivity index (χ0v) is 19.0. The molecule has 1 saturated heterocycles. The fraction of sp³-hybridized carbons (Fsp3) is 0.467. The smallest absolute Gasteiger partial charge is 0.282 e. The fourth-order valence-electron chi connectivity index (χ4n) is 3.62. The maximum absolute atomic E-state index is 14.3. The lowest BCUT2D eigenvalue weighted by Crippen LogP contribution is -2.59. The molecular formula is C15H15FI2N4O3S. The van der Waals surface area contributed by atoms with Gasteiger partial charge in [-0.1, -0.05) is 0 Å². The van der Waals surface area contributed by atoms with Gasteiger partial charge in [0.05, 0.1) is 46.0 Å². The summed E-state index contributed by atoms with van der Waals surface area (Å²) in [7, 11) is -3.78. The quantitative estimate of drug-likeness (QED) is 0.339. The van der Waals surface area contributed by atoms with Gasteiger partial charge in [0.15, 0.2) is 20.4 Å². The number of sulfone groups is 1. The van der Waals surface area contributed by atoms with Crippen LogP contribution in [0.3, 0.4) is 0 Å². The molecule has 2 unspecified atom stereocenters. The molecule has 11 heteroatoms. The minimum absolute atomic E-state index is 0.120. The summed E-state index contributed by atoms with van der Waals surface area (Å²) < 4.78 is 43.3. The number of fused-ring (bicyclic) bond motifs is 5. The minimum Gasteiger partial charge on any atom is -0.363 e. The zero-order chi connectivity index (χ0) is 19.0. The van der Waals surface area contributed by atoms with Gasteiger partial charge in [0.25, 0.3) is 5.56 Å². The van der Waals surface area contributed by atoms with Gasteiger partial charge in [0.2, 0.25) is 0 Å². The van der Waals surface area contributed by atoms with E-state index in [0.29, 0.717) is 24.2 Å². The molecular weight excluding hydrogens is 589 g/mol. The van der Waals surface area contributed by atoms with E-state index >= 15 is 0 Å². The Balaban J connectivity index is 2.14. The predicted molar refractivity (Wildman–Crippen MR) is 113 cm³/mol. The van der Waals surface area contributed by atoms with Crippen molar-refractivity contribution in [2.24, 2.45) is 0 Å². The molecule has 0 amide bonds. The van der Waals surface area contributed by atoms with E-state index in [9.17, 15) is 17.6 Å². The number of halogens is 3. The number of rotatable bonds is 0. The molecule has 2 aliphatic rings. The standard InChI is InChI=1S/C15H15FI2N4O3S/c1-7-4-20-9(5-21(7)17)6-26(24,25)13-12(20)10-3-11(16)8(2)19-14(10)22(18)15(13)23/h3,7,9H,4-6H2,1-2H3. The molecule has 0 bridgehead atoms. The summed E-state index contributed by atoms with van der Waals surface area (Å²) >= 11 is 3.93. The van der Waals surface area contributed by atoms with Crippen molar-refractivity contribution in [3.63, 3.8) is 0 Å². The van der Waals surface area contributed by atoms with E-state index in [-0.39, 0.29) is 34.1 Å². The van der Waals surface area contributed by atoms with E-state index in [0.717, 1.165) is 0 Å². The summed E-state index contributed by atoms with van der Waals surface area (Å²) in [5, 5.41) is 0.361. The number of aromatic nitrogens is 2. The Morgan fingerprint density at radius 2 is 2.00 bits per heavy atom. The molecule has 7 nitrogen and oxygen atoms in total. The third kappa shape index (κ3) is 2.68. The Morgan fingerprint density at radius 1 is 1.31 bits per heavy atom. The van der Waals surface area contributed by atoms with Crippen LogP contribution < -0.4 is 10.5 Å². The van der Waals surface area contributed by atoms with Crippen LogP contribution in [0.25, 0.3) is 11.0 Å². The summed E-state index contributed by atoms with van der Waals surface area (Å²) in [4.78, 5) is 18.8. The van der Waals surface area contributed by atoms with E-state index in [4.69, 9.17) is 0 Å². The van der Waals surface area contributed by atoms with Crippen LogP contribution in [0.4, 0.5) is 10.1 Å². The molecule has 2 aromatic heterocycles. The number of piperazine rings is 1. The summed E-state index contributed by atoms with van der Waals surface area (Å²) in [5.74, 6) is -0.638. The van der Waals surface area contributed by atoms with Crippen LogP contribution in [-0.2, 0) is 9.84 Å².